The lowest BCUT2D eigenvalue weighted by atomic mass is 10.1. The van der Waals surface area contributed by atoms with Crippen LogP contribution < -0.4 is 10.1 Å². The Morgan fingerprint density at radius 2 is 1.97 bits per heavy atom. The summed E-state index contributed by atoms with van der Waals surface area (Å²) in [7, 11) is 0. The highest BCUT2D eigenvalue weighted by molar-refractivity contribution is 7.17. The van der Waals surface area contributed by atoms with E-state index >= 15 is 0 Å². The standard InChI is InChI=1S/C22H25Cl2NO4S/c1-3-11-28-22(27)19-15-7-5-4-6-8-18(15)30-21(19)25-20(26)13(2)29-17-10-9-14(23)12-16(17)24/h9-10,12-13H,3-8,11H2,1-2H3,(H,25,26). The number of fused-ring (bicyclic) bond motifs is 1. The fourth-order valence-corrected chi connectivity index (χ4v) is 5.08. The first kappa shape index (κ1) is 22.9. The lowest BCUT2D eigenvalue weighted by molar-refractivity contribution is -0.122. The Morgan fingerprint density at radius 1 is 1.20 bits per heavy atom. The molecule has 8 heteroatoms. The molecule has 162 valence electrons. The minimum Gasteiger partial charge on any atom is -0.479 e. The number of benzene rings is 1. The number of amides is 1. The van der Waals surface area contributed by atoms with Gasteiger partial charge in [0.25, 0.3) is 5.91 Å². The molecular formula is C22H25Cl2NO4S. The molecule has 1 unspecified atom stereocenters. The van der Waals surface area contributed by atoms with Crippen molar-refractivity contribution < 1.29 is 19.1 Å². The van der Waals surface area contributed by atoms with Crippen LogP contribution in [-0.2, 0) is 22.4 Å². The summed E-state index contributed by atoms with van der Waals surface area (Å²) in [5, 5.41) is 4.23. The number of nitrogens with one attached hydrogen (secondary N) is 1. The van der Waals surface area contributed by atoms with Crippen LogP contribution in [0, 0.1) is 0 Å². The van der Waals surface area contributed by atoms with Gasteiger partial charge in [-0.05, 0) is 62.8 Å². The van der Waals surface area contributed by atoms with Gasteiger partial charge in [-0.2, -0.15) is 0 Å². The van der Waals surface area contributed by atoms with Crippen LogP contribution in [0.25, 0.3) is 0 Å². The molecule has 1 aromatic heterocycles. The number of halogens is 2. The van der Waals surface area contributed by atoms with E-state index in [0.29, 0.717) is 33.0 Å². The zero-order chi connectivity index (χ0) is 21.7. The van der Waals surface area contributed by atoms with Crippen molar-refractivity contribution in [3.8, 4) is 5.75 Å². The quantitative estimate of drug-likeness (QED) is 0.381. The van der Waals surface area contributed by atoms with E-state index in [4.69, 9.17) is 32.7 Å². The van der Waals surface area contributed by atoms with E-state index in [1.54, 1.807) is 25.1 Å². The summed E-state index contributed by atoms with van der Waals surface area (Å²) in [6.07, 6.45) is 4.91. The molecule has 1 atom stereocenters. The third-order valence-corrected chi connectivity index (χ3v) is 6.60. The molecule has 30 heavy (non-hydrogen) atoms. The Labute approximate surface area is 190 Å². The Hall–Kier alpha value is -1.76. The van der Waals surface area contributed by atoms with E-state index in [9.17, 15) is 9.59 Å². The van der Waals surface area contributed by atoms with Gasteiger partial charge in [-0.25, -0.2) is 4.79 Å². The van der Waals surface area contributed by atoms with Crippen molar-refractivity contribution in [1.82, 2.24) is 0 Å². The Balaban J connectivity index is 1.80. The van der Waals surface area contributed by atoms with Gasteiger partial charge in [0, 0.05) is 9.90 Å². The minimum atomic E-state index is -0.815. The SMILES string of the molecule is CCCOC(=O)c1c(NC(=O)C(C)Oc2ccc(Cl)cc2Cl)sc2c1CCCCC2. The van der Waals surface area contributed by atoms with Crippen molar-refractivity contribution in [2.24, 2.45) is 0 Å². The van der Waals surface area contributed by atoms with Crippen molar-refractivity contribution >= 4 is 51.4 Å². The van der Waals surface area contributed by atoms with Gasteiger partial charge in [0.15, 0.2) is 6.10 Å². The van der Waals surface area contributed by atoms with Gasteiger partial charge >= 0.3 is 5.97 Å². The van der Waals surface area contributed by atoms with Gasteiger partial charge in [-0.1, -0.05) is 36.5 Å². The Kier molecular flexibility index (Phi) is 8.03. The number of carbonyl (C=O) groups excluding carboxylic acids is 2. The summed E-state index contributed by atoms with van der Waals surface area (Å²) in [5.74, 6) is -0.365. The molecule has 1 heterocycles. The molecule has 0 saturated carbocycles. The number of esters is 1. The third kappa shape index (κ3) is 5.48. The number of aryl methyl sites for hydroxylation is 1. The molecule has 1 N–H and O–H groups in total. The van der Waals surface area contributed by atoms with Gasteiger partial charge in [0.2, 0.25) is 0 Å². The van der Waals surface area contributed by atoms with Gasteiger partial charge in [-0.3, -0.25) is 4.79 Å². The predicted octanol–water partition coefficient (Wildman–Crippen LogP) is 6.30. The summed E-state index contributed by atoms with van der Waals surface area (Å²) in [4.78, 5) is 26.7. The number of thiophene rings is 1. The van der Waals surface area contributed by atoms with E-state index in [1.807, 2.05) is 6.92 Å². The lowest BCUT2D eigenvalue weighted by Gasteiger charge is -2.16. The van der Waals surface area contributed by atoms with Crippen LogP contribution in [0.15, 0.2) is 18.2 Å². The molecule has 1 amide bonds. The van der Waals surface area contributed by atoms with Gasteiger partial charge < -0.3 is 14.8 Å². The summed E-state index contributed by atoms with van der Waals surface area (Å²) in [6.45, 7) is 3.93. The molecule has 0 aliphatic heterocycles. The molecule has 3 rings (SSSR count). The van der Waals surface area contributed by atoms with Crippen LogP contribution in [-0.4, -0.2) is 24.6 Å². The maximum Gasteiger partial charge on any atom is 0.341 e. The van der Waals surface area contributed by atoms with Crippen molar-refractivity contribution in [1.29, 1.82) is 0 Å². The normalized spacial score (nSPS) is 14.4. The maximum atomic E-state index is 12.8. The Bertz CT molecular complexity index is 928. The molecule has 1 aliphatic carbocycles. The van der Waals surface area contributed by atoms with Crippen molar-refractivity contribution in [2.75, 3.05) is 11.9 Å². The smallest absolute Gasteiger partial charge is 0.341 e. The van der Waals surface area contributed by atoms with E-state index in [1.165, 1.54) is 11.3 Å². The van der Waals surface area contributed by atoms with Crippen LogP contribution in [0.2, 0.25) is 10.0 Å². The van der Waals surface area contributed by atoms with Crippen molar-refractivity contribution in [3.63, 3.8) is 0 Å². The average Bonchev–Trinajstić information content (AvgIpc) is 2.88. The fraction of sp³-hybridized carbons (Fsp3) is 0.455. The first-order valence-corrected chi connectivity index (χ1v) is 11.7. The minimum absolute atomic E-state index is 0.328. The highest BCUT2D eigenvalue weighted by Gasteiger charge is 2.28. The largest absolute Gasteiger partial charge is 0.479 e. The number of anilines is 1. The summed E-state index contributed by atoms with van der Waals surface area (Å²) in [5.41, 5.74) is 1.51. The topological polar surface area (TPSA) is 64.6 Å². The van der Waals surface area contributed by atoms with Gasteiger partial charge in [0.1, 0.15) is 10.8 Å². The predicted molar refractivity (Wildman–Crippen MR) is 121 cm³/mol. The number of hydrogen-bond acceptors (Lipinski definition) is 5. The molecule has 0 spiro atoms. The second kappa shape index (κ2) is 10.5. The maximum absolute atomic E-state index is 12.8. The zero-order valence-electron chi connectivity index (χ0n) is 17.1. The Morgan fingerprint density at radius 3 is 2.70 bits per heavy atom. The van der Waals surface area contributed by atoms with Gasteiger partial charge in [-0.15, -0.1) is 11.3 Å². The highest BCUT2D eigenvalue weighted by Crippen LogP contribution is 2.38. The number of rotatable bonds is 7. The third-order valence-electron chi connectivity index (χ3n) is 4.87. The molecule has 1 aromatic carbocycles. The molecular weight excluding hydrogens is 445 g/mol. The monoisotopic (exact) mass is 469 g/mol. The zero-order valence-corrected chi connectivity index (χ0v) is 19.4. The lowest BCUT2D eigenvalue weighted by Crippen LogP contribution is -2.30. The van der Waals surface area contributed by atoms with Gasteiger partial charge in [0.05, 0.1) is 17.2 Å². The second-order valence-electron chi connectivity index (χ2n) is 7.23. The first-order valence-electron chi connectivity index (χ1n) is 10.1. The molecule has 5 nitrogen and oxygen atoms in total. The van der Waals surface area contributed by atoms with Crippen LogP contribution in [0.1, 0.15) is 60.3 Å². The van der Waals surface area contributed by atoms with Crippen LogP contribution in [0.5, 0.6) is 5.75 Å². The summed E-state index contributed by atoms with van der Waals surface area (Å²) in [6, 6.07) is 4.82. The van der Waals surface area contributed by atoms with E-state index in [2.05, 4.69) is 5.32 Å². The number of hydrogen-bond donors (Lipinski definition) is 1. The first-order chi connectivity index (χ1) is 14.4. The van der Waals surface area contributed by atoms with E-state index < -0.39 is 6.10 Å². The van der Waals surface area contributed by atoms with E-state index in [0.717, 1.165) is 49.0 Å². The average molecular weight is 470 g/mol. The summed E-state index contributed by atoms with van der Waals surface area (Å²) < 4.78 is 11.1. The molecule has 0 saturated heterocycles. The number of carbonyl (C=O) groups is 2. The molecule has 0 fully saturated rings. The highest BCUT2D eigenvalue weighted by atomic mass is 35.5. The molecule has 2 aromatic rings. The van der Waals surface area contributed by atoms with E-state index in [-0.39, 0.29) is 11.9 Å². The second-order valence-corrected chi connectivity index (χ2v) is 9.18. The van der Waals surface area contributed by atoms with Crippen molar-refractivity contribution in [3.05, 3.63) is 44.2 Å². The van der Waals surface area contributed by atoms with Crippen molar-refractivity contribution in [2.45, 2.75) is 58.5 Å². The number of ether oxygens (including phenoxy) is 2. The van der Waals surface area contributed by atoms with Crippen LogP contribution >= 0.6 is 34.5 Å². The fourth-order valence-electron chi connectivity index (χ4n) is 3.34. The molecule has 1 aliphatic rings. The molecule has 0 radical (unpaired) electrons. The van der Waals surface area contributed by atoms with Crippen LogP contribution in [0.3, 0.4) is 0 Å². The summed E-state index contributed by atoms with van der Waals surface area (Å²) >= 11 is 13.5. The molecule has 0 bridgehead atoms. The van der Waals surface area contributed by atoms with Crippen LogP contribution in [0.4, 0.5) is 5.00 Å².